The molecule has 1 amide bonds. The van der Waals surface area contributed by atoms with Gasteiger partial charge in [-0.25, -0.2) is 0 Å². The Labute approximate surface area is 198 Å². The number of aryl methyl sites for hydroxylation is 1. The average Bonchev–Trinajstić information content (AvgIpc) is 2.79. The molecule has 182 valence electrons. The first kappa shape index (κ1) is 28.4. The van der Waals surface area contributed by atoms with E-state index in [-0.39, 0.29) is 5.91 Å². The third-order valence-corrected chi connectivity index (χ3v) is 6.33. The lowest BCUT2D eigenvalue weighted by Crippen LogP contribution is -2.34. The van der Waals surface area contributed by atoms with E-state index in [1.54, 1.807) is 6.92 Å². The summed E-state index contributed by atoms with van der Waals surface area (Å²) < 4.78 is 0. The van der Waals surface area contributed by atoms with Gasteiger partial charge in [-0.2, -0.15) is 0 Å². The lowest BCUT2D eigenvalue weighted by Gasteiger charge is -2.14. The molecule has 1 aromatic carbocycles. The van der Waals surface area contributed by atoms with Gasteiger partial charge in [0.25, 0.3) is 0 Å². The quantitative estimate of drug-likeness (QED) is 0.122. The number of carbonyl (C=O) groups excluding carboxylic acids is 1. The van der Waals surface area contributed by atoms with Crippen LogP contribution in [0.3, 0.4) is 0 Å². The summed E-state index contributed by atoms with van der Waals surface area (Å²) in [4.78, 5) is 11.7. The van der Waals surface area contributed by atoms with Gasteiger partial charge in [-0.3, -0.25) is 4.79 Å². The molecular formula is C29H50N2O. The highest BCUT2D eigenvalue weighted by Gasteiger charge is 2.10. The Balaban J connectivity index is 1.95. The van der Waals surface area contributed by atoms with Crippen molar-refractivity contribution in [1.82, 2.24) is 5.32 Å². The van der Waals surface area contributed by atoms with Gasteiger partial charge in [0.2, 0.25) is 5.91 Å². The van der Waals surface area contributed by atoms with Crippen LogP contribution >= 0.6 is 0 Å². The Morgan fingerprint density at radius 3 is 1.59 bits per heavy atom. The Bertz CT molecular complexity index is 608. The topological polar surface area (TPSA) is 55.1 Å². The molecule has 0 aliphatic rings. The van der Waals surface area contributed by atoms with Crippen LogP contribution in [0.1, 0.15) is 134 Å². The van der Waals surface area contributed by atoms with E-state index in [0.29, 0.717) is 5.57 Å². The molecule has 32 heavy (non-hydrogen) atoms. The zero-order valence-electron chi connectivity index (χ0n) is 21.1. The fourth-order valence-corrected chi connectivity index (χ4v) is 4.12. The third-order valence-electron chi connectivity index (χ3n) is 6.33. The maximum atomic E-state index is 11.7. The highest BCUT2D eigenvalue weighted by Crippen LogP contribution is 2.16. The van der Waals surface area contributed by atoms with E-state index in [1.807, 2.05) is 12.1 Å². The number of hydrogen-bond acceptors (Lipinski definition) is 2. The summed E-state index contributed by atoms with van der Waals surface area (Å²) in [5, 5.41) is 2.76. The van der Waals surface area contributed by atoms with Gasteiger partial charge >= 0.3 is 0 Å². The van der Waals surface area contributed by atoms with E-state index in [9.17, 15) is 4.79 Å². The van der Waals surface area contributed by atoms with Crippen LogP contribution < -0.4 is 11.1 Å². The predicted octanol–water partition coefficient (Wildman–Crippen LogP) is 8.14. The monoisotopic (exact) mass is 442 g/mol. The molecule has 0 radical (unpaired) electrons. The first-order valence-corrected chi connectivity index (χ1v) is 13.4. The van der Waals surface area contributed by atoms with E-state index in [0.717, 1.165) is 12.0 Å². The van der Waals surface area contributed by atoms with Crippen LogP contribution in [0.5, 0.6) is 0 Å². The van der Waals surface area contributed by atoms with Gasteiger partial charge < -0.3 is 11.1 Å². The van der Waals surface area contributed by atoms with Crippen molar-refractivity contribution in [2.24, 2.45) is 5.73 Å². The van der Waals surface area contributed by atoms with E-state index < -0.39 is 6.17 Å². The maximum Gasteiger partial charge on any atom is 0.247 e. The molecule has 0 heterocycles. The molecule has 0 spiro atoms. The minimum atomic E-state index is -0.483. The van der Waals surface area contributed by atoms with Crippen LogP contribution in [0.4, 0.5) is 0 Å². The summed E-state index contributed by atoms with van der Waals surface area (Å²) >= 11 is 0. The van der Waals surface area contributed by atoms with Crippen molar-refractivity contribution in [2.75, 3.05) is 0 Å². The van der Waals surface area contributed by atoms with Crippen molar-refractivity contribution in [3.8, 4) is 0 Å². The second-order valence-electron chi connectivity index (χ2n) is 9.53. The molecule has 0 saturated carbocycles. The minimum Gasteiger partial charge on any atom is -0.333 e. The Morgan fingerprint density at radius 2 is 1.19 bits per heavy atom. The van der Waals surface area contributed by atoms with Crippen molar-refractivity contribution in [2.45, 2.75) is 129 Å². The predicted molar refractivity (Wildman–Crippen MR) is 140 cm³/mol. The third kappa shape index (κ3) is 14.5. The number of carbonyl (C=O) groups is 1. The number of amides is 1. The standard InChI is InChI=1S/C29H50N2O/c1-4-5-6-7-8-9-10-11-12-13-14-15-16-17-18-19-20-26-21-23-27(24-22-26)28(30)31-29(32)25(2)3/h21-24,28H,2,4-20,30H2,1,3H3,(H,31,32). The van der Waals surface area contributed by atoms with E-state index in [4.69, 9.17) is 5.73 Å². The fraction of sp³-hybridized carbons (Fsp3) is 0.690. The van der Waals surface area contributed by atoms with E-state index in [1.165, 1.54) is 108 Å². The largest absolute Gasteiger partial charge is 0.333 e. The molecule has 1 unspecified atom stereocenters. The van der Waals surface area contributed by atoms with Crippen molar-refractivity contribution in [3.63, 3.8) is 0 Å². The van der Waals surface area contributed by atoms with E-state index in [2.05, 4.69) is 31.0 Å². The Kier molecular flexibility index (Phi) is 16.8. The van der Waals surface area contributed by atoms with Crippen LogP contribution in [0.15, 0.2) is 36.4 Å². The van der Waals surface area contributed by atoms with Crippen LogP contribution in [0.2, 0.25) is 0 Å². The first-order valence-electron chi connectivity index (χ1n) is 13.4. The summed E-state index contributed by atoms with van der Waals surface area (Å²) in [7, 11) is 0. The van der Waals surface area contributed by atoms with Crippen LogP contribution in [0.25, 0.3) is 0 Å². The molecule has 3 heteroatoms. The van der Waals surface area contributed by atoms with Crippen LogP contribution in [0, 0.1) is 0 Å². The molecule has 0 aliphatic heterocycles. The summed E-state index contributed by atoms with van der Waals surface area (Å²) in [5.41, 5.74) is 8.79. The van der Waals surface area contributed by atoms with Crippen molar-refractivity contribution >= 4 is 5.91 Å². The van der Waals surface area contributed by atoms with Crippen molar-refractivity contribution in [1.29, 1.82) is 0 Å². The molecule has 0 saturated heterocycles. The van der Waals surface area contributed by atoms with Crippen LogP contribution in [-0.4, -0.2) is 5.91 Å². The fourth-order valence-electron chi connectivity index (χ4n) is 4.12. The summed E-state index contributed by atoms with van der Waals surface area (Å²) in [6.45, 7) is 7.61. The molecule has 1 rings (SSSR count). The molecule has 0 aliphatic carbocycles. The van der Waals surface area contributed by atoms with Gasteiger partial charge in [0.05, 0.1) is 0 Å². The molecule has 0 fully saturated rings. The van der Waals surface area contributed by atoms with Crippen molar-refractivity contribution < 1.29 is 4.79 Å². The zero-order chi connectivity index (χ0) is 23.4. The molecular weight excluding hydrogens is 392 g/mol. The van der Waals surface area contributed by atoms with E-state index >= 15 is 0 Å². The Morgan fingerprint density at radius 1 is 0.781 bits per heavy atom. The second-order valence-corrected chi connectivity index (χ2v) is 9.53. The molecule has 1 aromatic rings. The smallest absolute Gasteiger partial charge is 0.247 e. The number of hydrogen-bond donors (Lipinski definition) is 2. The Hall–Kier alpha value is -1.61. The molecule has 0 aromatic heterocycles. The van der Waals surface area contributed by atoms with Gasteiger partial charge in [0.1, 0.15) is 6.17 Å². The maximum absolute atomic E-state index is 11.7. The molecule has 3 N–H and O–H groups in total. The van der Waals surface area contributed by atoms with Gasteiger partial charge in [-0.15, -0.1) is 0 Å². The van der Waals surface area contributed by atoms with Crippen molar-refractivity contribution in [3.05, 3.63) is 47.5 Å². The molecule has 1 atom stereocenters. The number of nitrogens with two attached hydrogens (primary N) is 1. The molecule has 3 nitrogen and oxygen atoms in total. The highest BCUT2D eigenvalue weighted by molar-refractivity contribution is 5.92. The van der Waals surface area contributed by atoms with Crippen LogP contribution in [-0.2, 0) is 11.2 Å². The summed E-state index contributed by atoms with van der Waals surface area (Å²) in [6.07, 6.45) is 23.1. The second kappa shape index (κ2) is 18.9. The van der Waals surface area contributed by atoms with Gasteiger partial charge in [-0.1, -0.05) is 134 Å². The highest BCUT2D eigenvalue weighted by atomic mass is 16.1. The normalized spacial score (nSPS) is 12.0. The van der Waals surface area contributed by atoms with Gasteiger partial charge in [-0.05, 0) is 30.9 Å². The minimum absolute atomic E-state index is 0.199. The number of benzene rings is 1. The number of unbranched alkanes of at least 4 members (excludes halogenated alkanes) is 15. The number of nitrogens with one attached hydrogen (secondary N) is 1. The molecule has 0 bridgehead atoms. The zero-order valence-corrected chi connectivity index (χ0v) is 21.1. The van der Waals surface area contributed by atoms with Gasteiger partial charge in [0.15, 0.2) is 0 Å². The average molecular weight is 443 g/mol. The van der Waals surface area contributed by atoms with Gasteiger partial charge in [0, 0.05) is 5.57 Å². The number of rotatable bonds is 20. The summed E-state index contributed by atoms with van der Waals surface area (Å²) in [6, 6.07) is 8.30. The SMILES string of the molecule is C=C(C)C(=O)NC(N)c1ccc(CCCCCCCCCCCCCCCCCC)cc1. The first-order chi connectivity index (χ1) is 15.5. The lowest BCUT2D eigenvalue weighted by atomic mass is 10.0. The lowest BCUT2D eigenvalue weighted by molar-refractivity contribution is -0.118. The summed E-state index contributed by atoms with van der Waals surface area (Å²) in [5.74, 6) is -0.199.